The summed E-state index contributed by atoms with van der Waals surface area (Å²) in [6.45, 7) is 8.57. The van der Waals surface area contributed by atoms with E-state index in [1.54, 1.807) is 7.05 Å². The molecule has 0 spiro atoms. The molecule has 1 aromatic carbocycles. The molecule has 0 radical (unpaired) electrons. The van der Waals surface area contributed by atoms with Gasteiger partial charge in [0.15, 0.2) is 5.96 Å². The first-order chi connectivity index (χ1) is 9.92. The smallest absolute Gasteiger partial charge is 0.226 e. The molecule has 0 fully saturated rings. The average molecular weight is 290 g/mol. The largest absolute Gasteiger partial charge is 0.354 e. The van der Waals surface area contributed by atoms with Gasteiger partial charge < -0.3 is 16.0 Å². The number of amides is 1. The van der Waals surface area contributed by atoms with Gasteiger partial charge in [0, 0.05) is 31.2 Å². The van der Waals surface area contributed by atoms with Gasteiger partial charge >= 0.3 is 0 Å². The van der Waals surface area contributed by atoms with Crippen molar-refractivity contribution >= 4 is 17.6 Å². The molecule has 0 aliphatic rings. The Morgan fingerprint density at radius 3 is 2.24 bits per heavy atom. The SMILES string of the molecule is CN=C(NCc1ccc(NC(=O)C(C)C)cc1)NC(C)C. The number of guanidine groups is 1. The van der Waals surface area contributed by atoms with E-state index in [-0.39, 0.29) is 11.8 Å². The molecule has 0 unspecified atom stereocenters. The zero-order valence-corrected chi connectivity index (χ0v) is 13.5. The van der Waals surface area contributed by atoms with Gasteiger partial charge in [-0.15, -0.1) is 0 Å². The van der Waals surface area contributed by atoms with Gasteiger partial charge in [0.2, 0.25) is 5.91 Å². The maximum atomic E-state index is 11.6. The highest BCUT2D eigenvalue weighted by molar-refractivity contribution is 5.92. The molecule has 0 aromatic heterocycles. The second-order valence-electron chi connectivity index (χ2n) is 5.57. The zero-order valence-electron chi connectivity index (χ0n) is 13.5. The van der Waals surface area contributed by atoms with Crippen molar-refractivity contribution in [2.45, 2.75) is 40.3 Å². The van der Waals surface area contributed by atoms with E-state index in [0.29, 0.717) is 12.6 Å². The number of carbonyl (C=O) groups excluding carboxylic acids is 1. The minimum absolute atomic E-state index is 0.0169. The van der Waals surface area contributed by atoms with E-state index < -0.39 is 0 Å². The molecule has 0 aliphatic carbocycles. The van der Waals surface area contributed by atoms with Crippen LogP contribution in [-0.4, -0.2) is 25.0 Å². The van der Waals surface area contributed by atoms with E-state index in [1.807, 2.05) is 38.1 Å². The average Bonchev–Trinajstić information content (AvgIpc) is 2.44. The normalized spacial score (nSPS) is 11.7. The van der Waals surface area contributed by atoms with Crippen LogP contribution in [0.3, 0.4) is 0 Å². The van der Waals surface area contributed by atoms with Crippen molar-refractivity contribution in [2.75, 3.05) is 12.4 Å². The molecule has 0 aliphatic heterocycles. The van der Waals surface area contributed by atoms with Crippen LogP contribution < -0.4 is 16.0 Å². The third kappa shape index (κ3) is 6.29. The van der Waals surface area contributed by atoms with Gasteiger partial charge in [0.1, 0.15) is 0 Å². The van der Waals surface area contributed by atoms with Crippen molar-refractivity contribution < 1.29 is 4.79 Å². The van der Waals surface area contributed by atoms with Gasteiger partial charge in [0.25, 0.3) is 0 Å². The fourth-order valence-corrected chi connectivity index (χ4v) is 1.65. The summed E-state index contributed by atoms with van der Waals surface area (Å²) in [5.41, 5.74) is 1.95. The number of aliphatic imine (C=N–C) groups is 1. The molecule has 3 N–H and O–H groups in total. The highest BCUT2D eigenvalue weighted by Gasteiger charge is 2.06. The number of hydrogen-bond donors (Lipinski definition) is 3. The standard InChI is InChI=1S/C16H26N4O/c1-11(2)15(21)20-14-8-6-13(7-9-14)10-18-16(17-5)19-12(3)4/h6-9,11-12H,10H2,1-5H3,(H,20,21)(H2,17,18,19). The second kappa shape index (κ2) is 8.29. The van der Waals surface area contributed by atoms with Gasteiger partial charge in [0.05, 0.1) is 0 Å². The summed E-state index contributed by atoms with van der Waals surface area (Å²) in [4.78, 5) is 15.8. The van der Waals surface area contributed by atoms with Gasteiger partial charge in [-0.2, -0.15) is 0 Å². The number of rotatable bonds is 5. The van der Waals surface area contributed by atoms with Crippen molar-refractivity contribution in [3.63, 3.8) is 0 Å². The van der Waals surface area contributed by atoms with E-state index in [2.05, 4.69) is 34.8 Å². The fourth-order valence-electron chi connectivity index (χ4n) is 1.65. The van der Waals surface area contributed by atoms with Crippen molar-refractivity contribution in [3.05, 3.63) is 29.8 Å². The quantitative estimate of drug-likeness (QED) is 0.576. The predicted molar refractivity (Wildman–Crippen MR) is 88.4 cm³/mol. The first-order valence-corrected chi connectivity index (χ1v) is 7.29. The number of nitrogens with one attached hydrogen (secondary N) is 3. The third-order valence-corrected chi connectivity index (χ3v) is 2.85. The molecule has 5 nitrogen and oxygen atoms in total. The lowest BCUT2D eigenvalue weighted by Crippen LogP contribution is -2.40. The molecule has 116 valence electrons. The van der Waals surface area contributed by atoms with Crippen molar-refractivity contribution in [1.82, 2.24) is 10.6 Å². The highest BCUT2D eigenvalue weighted by atomic mass is 16.1. The summed E-state index contributed by atoms with van der Waals surface area (Å²) in [6.07, 6.45) is 0. The molecule has 1 rings (SSSR count). The second-order valence-corrected chi connectivity index (χ2v) is 5.57. The third-order valence-electron chi connectivity index (χ3n) is 2.85. The van der Waals surface area contributed by atoms with Gasteiger partial charge in [-0.25, -0.2) is 0 Å². The monoisotopic (exact) mass is 290 g/mol. The lowest BCUT2D eigenvalue weighted by atomic mass is 10.1. The maximum absolute atomic E-state index is 11.6. The van der Waals surface area contributed by atoms with E-state index >= 15 is 0 Å². The number of hydrogen-bond acceptors (Lipinski definition) is 2. The van der Waals surface area contributed by atoms with Crippen LogP contribution in [0.15, 0.2) is 29.3 Å². The van der Waals surface area contributed by atoms with Crippen molar-refractivity contribution in [1.29, 1.82) is 0 Å². The van der Waals surface area contributed by atoms with Gasteiger partial charge in [-0.1, -0.05) is 26.0 Å². The van der Waals surface area contributed by atoms with Crippen LogP contribution >= 0.6 is 0 Å². The van der Waals surface area contributed by atoms with Crippen molar-refractivity contribution in [2.24, 2.45) is 10.9 Å². The topological polar surface area (TPSA) is 65.5 Å². The van der Waals surface area contributed by atoms with Crippen molar-refractivity contribution in [3.8, 4) is 0 Å². The molecule has 1 aromatic rings. The lowest BCUT2D eigenvalue weighted by molar-refractivity contribution is -0.118. The minimum atomic E-state index is -0.0169. The first kappa shape index (κ1) is 17.0. The molecular weight excluding hydrogens is 264 g/mol. The minimum Gasteiger partial charge on any atom is -0.354 e. The Bertz CT molecular complexity index is 478. The molecule has 1 amide bonds. The molecule has 0 bridgehead atoms. The molecule has 0 heterocycles. The van der Waals surface area contributed by atoms with Crippen LogP contribution in [-0.2, 0) is 11.3 Å². The van der Waals surface area contributed by atoms with E-state index in [9.17, 15) is 4.79 Å². The summed E-state index contributed by atoms with van der Waals surface area (Å²) in [5, 5.41) is 9.35. The highest BCUT2D eigenvalue weighted by Crippen LogP contribution is 2.10. The first-order valence-electron chi connectivity index (χ1n) is 7.29. The Balaban J connectivity index is 2.53. The zero-order chi connectivity index (χ0) is 15.8. The number of carbonyl (C=O) groups is 1. The number of benzene rings is 1. The van der Waals surface area contributed by atoms with Gasteiger partial charge in [-0.3, -0.25) is 9.79 Å². The number of anilines is 1. The predicted octanol–water partition coefficient (Wildman–Crippen LogP) is 2.35. The Morgan fingerprint density at radius 1 is 1.14 bits per heavy atom. The van der Waals surface area contributed by atoms with Crippen LogP contribution in [0.4, 0.5) is 5.69 Å². The molecular formula is C16H26N4O. The lowest BCUT2D eigenvalue weighted by Gasteiger charge is -2.14. The van der Waals surface area contributed by atoms with Crippen LogP contribution in [0.1, 0.15) is 33.3 Å². The Kier molecular flexibility index (Phi) is 6.72. The number of nitrogens with zero attached hydrogens (tertiary/aromatic N) is 1. The van der Waals surface area contributed by atoms with E-state index in [0.717, 1.165) is 17.2 Å². The molecule has 0 saturated carbocycles. The Hall–Kier alpha value is -2.04. The van der Waals surface area contributed by atoms with Crippen LogP contribution in [0.5, 0.6) is 0 Å². The summed E-state index contributed by atoms with van der Waals surface area (Å²) in [6, 6.07) is 8.15. The molecule has 0 saturated heterocycles. The van der Waals surface area contributed by atoms with E-state index in [4.69, 9.17) is 0 Å². The van der Waals surface area contributed by atoms with Crippen LogP contribution in [0.25, 0.3) is 0 Å². The van der Waals surface area contributed by atoms with E-state index in [1.165, 1.54) is 0 Å². The maximum Gasteiger partial charge on any atom is 0.226 e. The summed E-state index contributed by atoms with van der Waals surface area (Å²) < 4.78 is 0. The van der Waals surface area contributed by atoms with Crippen LogP contribution in [0.2, 0.25) is 0 Å². The Morgan fingerprint density at radius 2 is 1.76 bits per heavy atom. The summed E-state index contributed by atoms with van der Waals surface area (Å²) in [5.74, 6) is 0.793. The van der Waals surface area contributed by atoms with Gasteiger partial charge in [-0.05, 0) is 31.5 Å². The fraction of sp³-hybridized carbons (Fsp3) is 0.500. The van der Waals surface area contributed by atoms with Crippen LogP contribution in [0, 0.1) is 5.92 Å². The summed E-state index contributed by atoms with van der Waals surface area (Å²) in [7, 11) is 1.75. The summed E-state index contributed by atoms with van der Waals surface area (Å²) >= 11 is 0. The Labute approximate surface area is 127 Å². The molecule has 5 heteroatoms. The molecule has 0 atom stereocenters. The molecule has 21 heavy (non-hydrogen) atoms.